The molecule has 0 heterocycles. The van der Waals surface area contributed by atoms with Gasteiger partial charge in [0.25, 0.3) is 0 Å². The molecule has 1 atom stereocenters. The Bertz CT molecular complexity index is 836. The Labute approximate surface area is 152 Å². The van der Waals surface area contributed by atoms with Gasteiger partial charge in [-0.25, -0.2) is 12.8 Å². The van der Waals surface area contributed by atoms with E-state index in [2.05, 4.69) is 0 Å². The zero-order valence-corrected chi connectivity index (χ0v) is 15.5. The van der Waals surface area contributed by atoms with E-state index in [0.29, 0.717) is 5.02 Å². The maximum atomic E-state index is 13.0. The number of halogens is 2. The number of hydrogen-bond donors (Lipinski definition) is 0. The molecular weight excluding hydrogens is 365 g/mol. The number of rotatable bonds is 6. The summed E-state index contributed by atoms with van der Waals surface area (Å²) in [6.45, 7) is 1.80. The van der Waals surface area contributed by atoms with E-state index < -0.39 is 9.84 Å². The predicted octanol–water partition coefficient (Wildman–Crippen LogP) is 3.86. The van der Waals surface area contributed by atoms with Gasteiger partial charge in [0.1, 0.15) is 5.82 Å². The minimum absolute atomic E-state index is 0.132. The minimum atomic E-state index is -3.56. The van der Waals surface area contributed by atoms with Crippen LogP contribution in [0.2, 0.25) is 5.02 Å². The highest BCUT2D eigenvalue weighted by molar-refractivity contribution is 7.91. The molecule has 0 aromatic heterocycles. The summed E-state index contributed by atoms with van der Waals surface area (Å²) < 4.78 is 37.6. The van der Waals surface area contributed by atoms with E-state index in [9.17, 15) is 17.6 Å². The van der Waals surface area contributed by atoms with Crippen LogP contribution in [0.4, 0.5) is 4.39 Å². The molecule has 134 valence electrons. The summed E-state index contributed by atoms with van der Waals surface area (Å²) in [6, 6.07) is 11.4. The van der Waals surface area contributed by atoms with Crippen LogP contribution in [0.5, 0.6) is 0 Å². The number of amides is 1. The van der Waals surface area contributed by atoms with Crippen molar-refractivity contribution in [1.29, 1.82) is 0 Å². The fourth-order valence-electron chi connectivity index (χ4n) is 2.34. The Kier molecular flexibility index (Phi) is 6.19. The second-order valence-electron chi connectivity index (χ2n) is 5.75. The van der Waals surface area contributed by atoms with Crippen molar-refractivity contribution in [2.45, 2.75) is 24.3 Å². The first-order valence-electron chi connectivity index (χ1n) is 7.70. The zero-order valence-electron chi connectivity index (χ0n) is 13.9. The summed E-state index contributed by atoms with van der Waals surface area (Å²) in [7, 11) is -1.95. The monoisotopic (exact) mass is 383 g/mol. The molecule has 0 radical (unpaired) electrons. The number of nitrogens with zero attached hydrogens (tertiary/aromatic N) is 1. The average molecular weight is 384 g/mol. The molecule has 0 fully saturated rings. The van der Waals surface area contributed by atoms with Crippen LogP contribution in [0.25, 0.3) is 0 Å². The Balaban J connectivity index is 2.01. The number of carbonyl (C=O) groups excluding carboxylic acids is 1. The van der Waals surface area contributed by atoms with Crippen LogP contribution in [0.3, 0.4) is 0 Å². The molecule has 0 spiro atoms. The highest BCUT2D eigenvalue weighted by Gasteiger charge is 2.21. The third kappa shape index (κ3) is 5.03. The van der Waals surface area contributed by atoms with Crippen molar-refractivity contribution >= 4 is 27.3 Å². The molecule has 0 saturated carbocycles. The molecule has 1 unspecified atom stereocenters. The lowest BCUT2D eigenvalue weighted by molar-refractivity contribution is -0.131. The van der Waals surface area contributed by atoms with Gasteiger partial charge in [0.2, 0.25) is 5.91 Å². The van der Waals surface area contributed by atoms with Crippen LogP contribution < -0.4 is 0 Å². The number of sulfone groups is 1. The normalized spacial score (nSPS) is 12.6. The summed E-state index contributed by atoms with van der Waals surface area (Å²) in [5.41, 5.74) is 0.776. The maximum absolute atomic E-state index is 13.0. The fraction of sp³-hybridized carbons (Fsp3) is 0.278. The van der Waals surface area contributed by atoms with Crippen molar-refractivity contribution < 1.29 is 17.6 Å². The van der Waals surface area contributed by atoms with Gasteiger partial charge in [-0.15, -0.1) is 0 Å². The van der Waals surface area contributed by atoms with E-state index in [1.54, 1.807) is 26.1 Å². The largest absolute Gasteiger partial charge is 0.339 e. The Hall–Kier alpha value is -1.92. The zero-order chi connectivity index (χ0) is 18.6. The minimum Gasteiger partial charge on any atom is -0.339 e. The van der Waals surface area contributed by atoms with E-state index >= 15 is 0 Å². The highest BCUT2D eigenvalue weighted by Crippen LogP contribution is 2.21. The molecule has 2 aromatic rings. The van der Waals surface area contributed by atoms with Gasteiger partial charge in [0.05, 0.1) is 16.7 Å². The highest BCUT2D eigenvalue weighted by atomic mass is 35.5. The summed E-state index contributed by atoms with van der Waals surface area (Å²) in [5, 5.41) is 0.447. The van der Waals surface area contributed by atoms with E-state index in [1.807, 2.05) is 0 Å². The lowest BCUT2D eigenvalue weighted by Crippen LogP contribution is -2.31. The fourth-order valence-corrected chi connectivity index (χ4v) is 3.69. The number of carbonyl (C=O) groups is 1. The number of benzene rings is 2. The maximum Gasteiger partial charge on any atom is 0.223 e. The van der Waals surface area contributed by atoms with Crippen molar-refractivity contribution in [3.05, 3.63) is 64.9 Å². The first kappa shape index (κ1) is 19.4. The second-order valence-corrected chi connectivity index (χ2v) is 8.30. The van der Waals surface area contributed by atoms with Gasteiger partial charge >= 0.3 is 0 Å². The Morgan fingerprint density at radius 1 is 1.12 bits per heavy atom. The van der Waals surface area contributed by atoms with Crippen molar-refractivity contribution in [2.24, 2.45) is 0 Å². The smallest absolute Gasteiger partial charge is 0.223 e. The van der Waals surface area contributed by atoms with Gasteiger partial charge in [-0.1, -0.05) is 23.7 Å². The molecule has 25 heavy (non-hydrogen) atoms. The summed E-state index contributed by atoms with van der Waals surface area (Å²) in [4.78, 5) is 13.9. The van der Waals surface area contributed by atoms with Gasteiger partial charge in [0, 0.05) is 18.5 Å². The number of hydrogen-bond acceptors (Lipinski definition) is 3. The molecule has 2 aromatic carbocycles. The topological polar surface area (TPSA) is 54.5 Å². The SMILES string of the molecule is CC(c1ccc(F)cc1)N(C)C(=O)CCS(=O)(=O)c1ccc(Cl)cc1. The van der Waals surface area contributed by atoms with Gasteiger partial charge in [-0.05, 0) is 48.9 Å². The molecule has 0 aliphatic carbocycles. The van der Waals surface area contributed by atoms with Crippen molar-refractivity contribution in [3.63, 3.8) is 0 Å². The van der Waals surface area contributed by atoms with Crippen LogP contribution in [-0.2, 0) is 14.6 Å². The first-order valence-corrected chi connectivity index (χ1v) is 9.73. The Morgan fingerprint density at radius 2 is 1.68 bits per heavy atom. The van der Waals surface area contributed by atoms with E-state index in [0.717, 1.165) is 5.56 Å². The van der Waals surface area contributed by atoms with Crippen molar-refractivity contribution in [2.75, 3.05) is 12.8 Å². The molecule has 0 aliphatic rings. The van der Waals surface area contributed by atoms with Crippen LogP contribution in [0, 0.1) is 5.82 Å². The van der Waals surface area contributed by atoms with E-state index in [1.165, 1.54) is 41.3 Å². The lowest BCUT2D eigenvalue weighted by Gasteiger charge is -2.25. The third-order valence-electron chi connectivity index (χ3n) is 4.08. The Morgan fingerprint density at radius 3 is 2.24 bits per heavy atom. The first-order chi connectivity index (χ1) is 11.7. The average Bonchev–Trinajstić information content (AvgIpc) is 2.59. The van der Waals surface area contributed by atoms with Gasteiger partial charge in [-0.3, -0.25) is 4.79 Å². The molecule has 4 nitrogen and oxygen atoms in total. The summed E-state index contributed by atoms with van der Waals surface area (Å²) in [6.07, 6.45) is -0.132. The van der Waals surface area contributed by atoms with Crippen LogP contribution >= 0.6 is 11.6 Å². The van der Waals surface area contributed by atoms with Crippen LogP contribution in [0.15, 0.2) is 53.4 Å². The molecule has 0 N–H and O–H groups in total. The van der Waals surface area contributed by atoms with E-state index in [4.69, 9.17) is 11.6 Å². The van der Waals surface area contributed by atoms with Gasteiger partial charge in [0.15, 0.2) is 9.84 Å². The standard InChI is InChI=1S/C18H19ClFNO3S/c1-13(14-3-7-16(20)8-4-14)21(2)18(22)11-12-25(23,24)17-9-5-15(19)6-10-17/h3-10,13H,11-12H2,1-2H3. The van der Waals surface area contributed by atoms with Gasteiger partial charge < -0.3 is 4.90 Å². The summed E-state index contributed by atoms with van der Waals surface area (Å²) >= 11 is 5.75. The summed E-state index contributed by atoms with van der Waals surface area (Å²) in [5.74, 6) is -0.929. The molecule has 0 saturated heterocycles. The van der Waals surface area contributed by atoms with E-state index in [-0.39, 0.29) is 34.8 Å². The lowest BCUT2D eigenvalue weighted by atomic mass is 10.1. The molecule has 0 bridgehead atoms. The predicted molar refractivity (Wildman–Crippen MR) is 95.7 cm³/mol. The van der Waals surface area contributed by atoms with Crippen molar-refractivity contribution in [1.82, 2.24) is 4.90 Å². The molecule has 2 rings (SSSR count). The molecule has 1 amide bonds. The van der Waals surface area contributed by atoms with Crippen molar-refractivity contribution in [3.8, 4) is 0 Å². The second kappa shape index (κ2) is 7.97. The van der Waals surface area contributed by atoms with Crippen LogP contribution in [-0.4, -0.2) is 32.0 Å². The van der Waals surface area contributed by atoms with Crippen LogP contribution in [0.1, 0.15) is 24.9 Å². The van der Waals surface area contributed by atoms with Gasteiger partial charge in [-0.2, -0.15) is 0 Å². The quantitative estimate of drug-likeness (QED) is 0.761. The molecule has 0 aliphatic heterocycles. The molecule has 7 heteroatoms. The third-order valence-corrected chi connectivity index (χ3v) is 6.07. The molecular formula is C18H19ClFNO3S.